The standard InChI is InChI=1S/C9H19NO2/c1-7(2)9(10)5-11-8(3,4)12-6-9/h7H,5-6,10H2,1-4H3. The first-order valence-electron chi connectivity index (χ1n) is 4.42. The van der Waals surface area contributed by atoms with Crippen LogP contribution in [-0.4, -0.2) is 24.5 Å². The molecular weight excluding hydrogens is 154 g/mol. The molecular formula is C9H19NO2. The van der Waals surface area contributed by atoms with Crippen LogP contribution in [0.2, 0.25) is 0 Å². The Hall–Kier alpha value is -0.120. The highest BCUT2D eigenvalue weighted by atomic mass is 16.7. The minimum absolute atomic E-state index is 0.310. The second kappa shape index (κ2) is 2.98. The van der Waals surface area contributed by atoms with Crippen molar-refractivity contribution in [1.82, 2.24) is 0 Å². The van der Waals surface area contributed by atoms with Gasteiger partial charge in [-0.25, -0.2) is 0 Å². The summed E-state index contributed by atoms with van der Waals surface area (Å²) in [5.41, 5.74) is 5.76. The van der Waals surface area contributed by atoms with Crippen LogP contribution < -0.4 is 5.73 Å². The molecule has 0 radical (unpaired) electrons. The molecule has 0 unspecified atom stereocenters. The van der Waals surface area contributed by atoms with Crippen molar-refractivity contribution >= 4 is 0 Å². The minimum Gasteiger partial charge on any atom is -0.349 e. The Morgan fingerprint density at radius 1 is 1.17 bits per heavy atom. The van der Waals surface area contributed by atoms with Crippen LogP contribution in [0.15, 0.2) is 0 Å². The number of hydrogen-bond donors (Lipinski definition) is 1. The maximum Gasteiger partial charge on any atom is 0.162 e. The summed E-state index contributed by atoms with van der Waals surface area (Å²) in [5.74, 6) is -0.0776. The molecule has 0 aliphatic carbocycles. The lowest BCUT2D eigenvalue weighted by Crippen LogP contribution is -2.59. The SMILES string of the molecule is CC(C)C1(N)COC(C)(C)OC1. The van der Waals surface area contributed by atoms with Gasteiger partial charge in [-0.1, -0.05) is 13.8 Å². The predicted molar refractivity (Wildman–Crippen MR) is 47.7 cm³/mol. The number of ether oxygens (including phenoxy) is 2. The van der Waals surface area contributed by atoms with Crippen LogP contribution in [0.3, 0.4) is 0 Å². The summed E-state index contributed by atoms with van der Waals surface area (Å²) in [6, 6.07) is 0. The van der Waals surface area contributed by atoms with Crippen LogP contribution in [0.25, 0.3) is 0 Å². The van der Waals surface area contributed by atoms with Gasteiger partial charge in [0.15, 0.2) is 5.79 Å². The molecule has 0 atom stereocenters. The Morgan fingerprint density at radius 2 is 1.58 bits per heavy atom. The normalized spacial score (nSPS) is 27.5. The third kappa shape index (κ3) is 1.97. The average Bonchev–Trinajstić information content (AvgIpc) is 1.96. The van der Waals surface area contributed by atoms with Crippen molar-refractivity contribution in [1.29, 1.82) is 0 Å². The smallest absolute Gasteiger partial charge is 0.162 e. The molecule has 3 heteroatoms. The van der Waals surface area contributed by atoms with Gasteiger partial charge < -0.3 is 15.2 Å². The predicted octanol–water partition coefficient (Wildman–Crippen LogP) is 1.12. The van der Waals surface area contributed by atoms with E-state index in [2.05, 4.69) is 13.8 Å². The summed E-state index contributed by atoms with van der Waals surface area (Å²) in [7, 11) is 0. The van der Waals surface area contributed by atoms with Crippen LogP contribution in [0.4, 0.5) is 0 Å². The Balaban J connectivity index is 2.55. The van der Waals surface area contributed by atoms with Gasteiger partial charge in [0, 0.05) is 0 Å². The third-order valence-electron chi connectivity index (χ3n) is 2.53. The van der Waals surface area contributed by atoms with Crippen molar-refractivity contribution in [3.63, 3.8) is 0 Å². The molecule has 1 heterocycles. The van der Waals surface area contributed by atoms with Crippen LogP contribution in [-0.2, 0) is 9.47 Å². The van der Waals surface area contributed by atoms with Crippen molar-refractivity contribution in [3.05, 3.63) is 0 Å². The van der Waals surface area contributed by atoms with E-state index in [9.17, 15) is 0 Å². The molecule has 2 N–H and O–H groups in total. The number of nitrogens with two attached hydrogens (primary N) is 1. The van der Waals surface area contributed by atoms with Crippen LogP contribution in [0.5, 0.6) is 0 Å². The van der Waals surface area contributed by atoms with Gasteiger partial charge in [0.05, 0.1) is 18.8 Å². The first-order valence-corrected chi connectivity index (χ1v) is 4.42. The van der Waals surface area contributed by atoms with Gasteiger partial charge in [0.2, 0.25) is 0 Å². The highest BCUT2D eigenvalue weighted by molar-refractivity contribution is 4.90. The molecule has 0 aromatic rings. The first-order chi connectivity index (χ1) is 5.36. The average molecular weight is 173 g/mol. The van der Waals surface area contributed by atoms with Gasteiger partial charge in [-0.2, -0.15) is 0 Å². The van der Waals surface area contributed by atoms with Gasteiger partial charge in [-0.05, 0) is 19.8 Å². The van der Waals surface area contributed by atoms with Crippen LogP contribution in [0.1, 0.15) is 27.7 Å². The molecule has 1 rings (SSSR count). The van der Waals surface area contributed by atoms with E-state index in [1.54, 1.807) is 0 Å². The summed E-state index contributed by atoms with van der Waals surface area (Å²) in [5, 5.41) is 0. The summed E-state index contributed by atoms with van der Waals surface area (Å²) in [4.78, 5) is 0. The van der Waals surface area contributed by atoms with Gasteiger partial charge in [-0.15, -0.1) is 0 Å². The van der Waals surface area contributed by atoms with Gasteiger partial charge in [-0.3, -0.25) is 0 Å². The Morgan fingerprint density at radius 3 is 1.92 bits per heavy atom. The summed E-state index contributed by atoms with van der Waals surface area (Å²) in [6.45, 7) is 9.16. The van der Waals surface area contributed by atoms with E-state index < -0.39 is 5.79 Å². The van der Waals surface area contributed by atoms with E-state index in [4.69, 9.17) is 15.2 Å². The maximum atomic E-state index is 6.07. The van der Waals surface area contributed by atoms with E-state index in [-0.39, 0.29) is 5.54 Å². The van der Waals surface area contributed by atoms with Gasteiger partial charge in [0.1, 0.15) is 0 Å². The van der Waals surface area contributed by atoms with E-state index >= 15 is 0 Å². The first kappa shape index (κ1) is 9.96. The van der Waals surface area contributed by atoms with E-state index in [0.29, 0.717) is 19.1 Å². The number of rotatable bonds is 1. The molecule has 0 aromatic heterocycles. The monoisotopic (exact) mass is 173 g/mol. The second-order valence-electron chi connectivity index (χ2n) is 4.37. The lowest BCUT2D eigenvalue weighted by Gasteiger charge is -2.43. The van der Waals surface area contributed by atoms with Crippen molar-refractivity contribution in [2.75, 3.05) is 13.2 Å². The van der Waals surface area contributed by atoms with Gasteiger partial charge in [0.25, 0.3) is 0 Å². The van der Waals surface area contributed by atoms with Crippen LogP contribution >= 0.6 is 0 Å². The van der Waals surface area contributed by atoms with E-state index in [1.807, 2.05) is 13.8 Å². The second-order valence-corrected chi connectivity index (χ2v) is 4.37. The lowest BCUT2D eigenvalue weighted by molar-refractivity contribution is -0.271. The zero-order valence-corrected chi connectivity index (χ0v) is 8.39. The Bertz CT molecular complexity index is 156. The molecule has 0 amide bonds. The summed E-state index contributed by atoms with van der Waals surface area (Å²) < 4.78 is 11.0. The quantitative estimate of drug-likeness (QED) is 0.646. The number of hydrogen-bond acceptors (Lipinski definition) is 3. The third-order valence-corrected chi connectivity index (χ3v) is 2.53. The molecule has 3 nitrogen and oxygen atoms in total. The van der Waals surface area contributed by atoms with Crippen molar-refractivity contribution in [2.24, 2.45) is 11.7 Å². The maximum absolute atomic E-state index is 6.07. The fraction of sp³-hybridized carbons (Fsp3) is 1.00. The van der Waals surface area contributed by atoms with Crippen molar-refractivity contribution in [2.45, 2.75) is 39.0 Å². The Labute approximate surface area is 74.2 Å². The van der Waals surface area contributed by atoms with Crippen LogP contribution in [0, 0.1) is 5.92 Å². The van der Waals surface area contributed by atoms with Crippen molar-refractivity contribution < 1.29 is 9.47 Å². The lowest BCUT2D eigenvalue weighted by atomic mass is 9.88. The Kier molecular flexibility index (Phi) is 2.47. The molecule has 1 saturated heterocycles. The molecule has 0 spiro atoms. The largest absolute Gasteiger partial charge is 0.349 e. The molecule has 0 bridgehead atoms. The van der Waals surface area contributed by atoms with Gasteiger partial charge >= 0.3 is 0 Å². The van der Waals surface area contributed by atoms with E-state index in [1.165, 1.54) is 0 Å². The summed E-state index contributed by atoms with van der Waals surface area (Å²) in [6.07, 6.45) is 0. The minimum atomic E-state index is -0.461. The summed E-state index contributed by atoms with van der Waals surface area (Å²) >= 11 is 0. The molecule has 0 saturated carbocycles. The molecule has 1 aliphatic rings. The fourth-order valence-corrected chi connectivity index (χ4v) is 1.03. The fourth-order valence-electron chi connectivity index (χ4n) is 1.03. The molecule has 1 fully saturated rings. The zero-order chi connectivity index (χ0) is 9.41. The highest BCUT2D eigenvalue weighted by Gasteiger charge is 2.39. The van der Waals surface area contributed by atoms with Crippen molar-refractivity contribution in [3.8, 4) is 0 Å². The molecule has 1 aliphatic heterocycles. The zero-order valence-electron chi connectivity index (χ0n) is 8.39. The highest BCUT2D eigenvalue weighted by Crippen LogP contribution is 2.26. The van der Waals surface area contributed by atoms with E-state index in [0.717, 1.165) is 0 Å². The molecule has 0 aromatic carbocycles. The molecule has 12 heavy (non-hydrogen) atoms. The molecule has 72 valence electrons. The topological polar surface area (TPSA) is 44.5 Å².